The fourth-order valence-corrected chi connectivity index (χ4v) is 1.61. The zero-order valence-electron chi connectivity index (χ0n) is 7.05. The molecule has 0 saturated heterocycles. The van der Waals surface area contributed by atoms with Crippen molar-refractivity contribution >= 4 is 5.97 Å². The van der Waals surface area contributed by atoms with Crippen LogP contribution >= 0.6 is 0 Å². The minimum atomic E-state index is -0.878. The maximum absolute atomic E-state index is 10.1. The van der Waals surface area contributed by atoms with Crippen LogP contribution in [0, 0.1) is 0 Å². The van der Waals surface area contributed by atoms with Gasteiger partial charge in [0.05, 0.1) is 12.1 Å². The lowest BCUT2D eigenvalue weighted by atomic mass is 10.0. The Morgan fingerprint density at radius 1 is 1.42 bits per heavy atom. The molecular formula is C8H15NO3. The van der Waals surface area contributed by atoms with Crippen LogP contribution in [0.2, 0.25) is 0 Å². The van der Waals surface area contributed by atoms with E-state index in [1.54, 1.807) is 0 Å². The second kappa shape index (κ2) is 3.87. The van der Waals surface area contributed by atoms with Crippen molar-refractivity contribution in [3.63, 3.8) is 0 Å². The van der Waals surface area contributed by atoms with E-state index in [1.807, 2.05) is 0 Å². The van der Waals surface area contributed by atoms with Crippen molar-refractivity contribution < 1.29 is 15.0 Å². The summed E-state index contributed by atoms with van der Waals surface area (Å²) < 4.78 is 0. The van der Waals surface area contributed by atoms with Crippen molar-refractivity contribution in [2.45, 2.75) is 31.3 Å². The zero-order valence-corrected chi connectivity index (χ0v) is 7.05. The standard InChI is InChI=1S/C8H15NO3/c10-7(11)5-9-6-8(12)3-1-2-4-8/h9,12H,1-6H2,(H,10,11). The van der Waals surface area contributed by atoms with Crippen LogP contribution in [-0.4, -0.2) is 34.9 Å². The summed E-state index contributed by atoms with van der Waals surface area (Å²) in [6, 6.07) is 0. The van der Waals surface area contributed by atoms with Crippen LogP contribution in [0.4, 0.5) is 0 Å². The SMILES string of the molecule is O=C(O)CNCC1(O)CCCC1. The van der Waals surface area contributed by atoms with E-state index in [-0.39, 0.29) is 6.54 Å². The molecule has 4 nitrogen and oxygen atoms in total. The minimum Gasteiger partial charge on any atom is -0.480 e. The Kier molecular flexibility index (Phi) is 3.05. The topological polar surface area (TPSA) is 69.6 Å². The number of carbonyl (C=O) groups is 1. The third-order valence-corrected chi connectivity index (χ3v) is 2.26. The first-order valence-corrected chi connectivity index (χ1v) is 4.27. The van der Waals surface area contributed by atoms with Gasteiger partial charge < -0.3 is 15.5 Å². The number of aliphatic hydroxyl groups is 1. The molecule has 12 heavy (non-hydrogen) atoms. The number of carboxylic acid groups (broad SMARTS) is 1. The summed E-state index contributed by atoms with van der Waals surface area (Å²) in [5.41, 5.74) is -0.643. The summed E-state index contributed by atoms with van der Waals surface area (Å²) >= 11 is 0. The van der Waals surface area contributed by atoms with E-state index < -0.39 is 11.6 Å². The van der Waals surface area contributed by atoms with Gasteiger partial charge in [-0.25, -0.2) is 0 Å². The first kappa shape index (κ1) is 9.48. The van der Waals surface area contributed by atoms with Crippen molar-refractivity contribution in [2.24, 2.45) is 0 Å². The lowest BCUT2D eigenvalue weighted by Gasteiger charge is -2.21. The second-order valence-corrected chi connectivity index (χ2v) is 3.43. The first-order valence-electron chi connectivity index (χ1n) is 4.27. The number of rotatable bonds is 4. The average molecular weight is 173 g/mol. The summed E-state index contributed by atoms with van der Waals surface area (Å²) in [6.07, 6.45) is 3.68. The molecule has 3 N–H and O–H groups in total. The quantitative estimate of drug-likeness (QED) is 0.558. The van der Waals surface area contributed by atoms with Gasteiger partial charge >= 0.3 is 5.97 Å². The van der Waals surface area contributed by atoms with Gasteiger partial charge in [0.2, 0.25) is 0 Å². The molecule has 0 amide bonds. The smallest absolute Gasteiger partial charge is 0.317 e. The molecule has 1 fully saturated rings. The second-order valence-electron chi connectivity index (χ2n) is 3.43. The number of aliphatic carboxylic acids is 1. The highest BCUT2D eigenvalue weighted by Crippen LogP contribution is 2.28. The molecule has 1 aliphatic carbocycles. The predicted molar refractivity (Wildman–Crippen MR) is 43.9 cm³/mol. The molecule has 0 aromatic heterocycles. The predicted octanol–water partition coefficient (Wildman–Crippen LogP) is -0.0343. The van der Waals surface area contributed by atoms with Crippen LogP contribution in [-0.2, 0) is 4.79 Å². The van der Waals surface area contributed by atoms with Gasteiger partial charge in [0.25, 0.3) is 0 Å². The van der Waals surface area contributed by atoms with Crippen molar-refractivity contribution in [3.8, 4) is 0 Å². The van der Waals surface area contributed by atoms with E-state index in [2.05, 4.69) is 5.32 Å². The largest absolute Gasteiger partial charge is 0.480 e. The van der Waals surface area contributed by atoms with Gasteiger partial charge in [-0.3, -0.25) is 4.79 Å². The summed E-state index contributed by atoms with van der Waals surface area (Å²) in [5, 5.41) is 20.8. The van der Waals surface area contributed by atoms with Gasteiger partial charge in [-0.2, -0.15) is 0 Å². The molecule has 0 unspecified atom stereocenters. The molecule has 0 bridgehead atoms. The normalized spacial score (nSPS) is 21.1. The number of nitrogens with one attached hydrogen (secondary N) is 1. The maximum Gasteiger partial charge on any atom is 0.317 e. The van der Waals surface area contributed by atoms with Gasteiger partial charge in [-0.15, -0.1) is 0 Å². The Balaban J connectivity index is 2.17. The molecule has 0 heterocycles. The molecule has 70 valence electrons. The summed E-state index contributed by atoms with van der Waals surface area (Å²) in [6.45, 7) is 0.335. The molecule has 1 saturated carbocycles. The molecule has 0 aliphatic heterocycles. The lowest BCUT2D eigenvalue weighted by molar-refractivity contribution is -0.136. The summed E-state index contributed by atoms with van der Waals surface area (Å²) in [5.74, 6) is -0.878. The molecule has 1 rings (SSSR count). The average Bonchev–Trinajstić information content (AvgIpc) is 2.35. The van der Waals surface area contributed by atoms with Crippen LogP contribution in [0.3, 0.4) is 0 Å². The van der Waals surface area contributed by atoms with Gasteiger partial charge in [0, 0.05) is 6.54 Å². The van der Waals surface area contributed by atoms with Crippen LogP contribution in [0.25, 0.3) is 0 Å². The van der Waals surface area contributed by atoms with E-state index in [4.69, 9.17) is 5.11 Å². The van der Waals surface area contributed by atoms with Crippen LogP contribution < -0.4 is 5.32 Å². The highest BCUT2D eigenvalue weighted by atomic mass is 16.4. The Hall–Kier alpha value is -0.610. The van der Waals surface area contributed by atoms with Crippen LogP contribution in [0.5, 0.6) is 0 Å². The lowest BCUT2D eigenvalue weighted by Crippen LogP contribution is -2.39. The van der Waals surface area contributed by atoms with Gasteiger partial charge in [0.1, 0.15) is 0 Å². The van der Waals surface area contributed by atoms with Crippen molar-refractivity contribution in [1.29, 1.82) is 0 Å². The zero-order chi connectivity index (χ0) is 9.03. The molecule has 0 spiro atoms. The van der Waals surface area contributed by atoms with E-state index in [9.17, 15) is 9.90 Å². The van der Waals surface area contributed by atoms with Crippen LogP contribution in [0.15, 0.2) is 0 Å². The fourth-order valence-electron chi connectivity index (χ4n) is 1.61. The third-order valence-electron chi connectivity index (χ3n) is 2.26. The van der Waals surface area contributed by atoms with Crippen molar-refractivity contribution in [3.05, 3.63) is 0 Å². The van der Waals surface area contributed by atoms with E-state index in [0.717, 1.165) is 25.7 Å². The minimum absolute atomic E-state index is 0.0672. The molecular weight excluding hydrogens is 158 g/mol. The van der Waals surface area contributed by atoms with Crippen molar-refractivity contribution in [1.82, 2.24) is 5.32 Å². The summed E-state index contributed by atoms with van der Waals surface area (Å²) in [4.78, 5) is 10.1. The Morgan fingerprint density at radius 2 is 2.00 bits per heavy atom. The van der Waals surface area contributed by atoms with Gasteiger partial charge in [-0.05, 0) is 12.8 Å². The van der Waals surface area contributed by atoms with Gasteiger partial charge in [0.15, 0.2) is 0 Å². The maximum atomic E-state index is 10.1. The highest BCUT2D eigenvalue weighted by Gasteiger charge is 2.30. The molecule has 4 heteroatoms. The molecule has 0 aromatic carbocycles. The molecule has 1 aliphatic rings. The third kappa shape index (κ3) is 2.79. The molecule has 0 radical (unpaired) electrons. The van der Waals surface area contributed by atoms with E-state index in [0.29, 0.717) is 6.54 Å². The Morgan fingerprint density at radius 3 is 2.50 bits per heavy atom. The van der Waals surface area contributed by atoms with E-state index in [1.165, 1.54) is 0 Å². The number of carboxylic acids is 1. The summed E-state index contributed by atoms with van der Waals surface area (Å²) in [7, 11) is 0. The Labute approximate surface area is 71.6 Å². The fraction of sp³-hybridized carbons (Fsp3) is 0.875. The van der Waals surface area contributed by atoms with Crippen molar-refractivity contribution in [2.75, 3.05) is 13.1 Å². The number of hydrogen-bond acceptors (Lipinski definition) is 3. The van der Waals surface area contributed by atoms with Gasteiger partial charge in [-0.1, -0.05) is 12.8 Å². The van der Waals surface area contributed by atoms with E-state index >= 15 is 0 Å². The molecule has 0 atom stereocenters. The Bertz CT molecular complexity index is 164. The number of hydrogen-bond donors (Lipinski definition) is 3. The monoisotopic (exact) mass is 173 g/mol. The molecule has 0 aromatic rings. The first-order chi connectivity index (χ1) is 5.62. The van der Waals surface area contributed by atoms with Crippen LogP contribution in [0.1, 0.15) is 25.7 Å². The highest BCUT2D eigenvalue weighted by molar-refractivity contribution is 5.68.